The van der Waals surface area contributed by atoms with Gasteiger partial charge in [-0.05, 0) is 17.5 Å². The normalized spacial score (nSPS) is 11.1. The molecule has 0 saturated carbocycles. The lowest BCUT2D eigenvalue weighted by atomic mass is 10.1. The summed E-state index contributed by atoms with van der Waals surface area (Å²) in [7, 11) is 0. The number of ketones is 1. The molecule has 1 heterocycles. The standard InChI is InChI=1S/C13H14OS/c1-9(2)12(14)8-11-7-10-5-3-4-6-13(10)15-11/h3-7,9H,8H2,1-2H3. The van der Waals surface area contributed by atoms with Crippen LogP contribution in [-0.4, -0.2) is 5.78 Å². The van der Waals surface area contributed by atoms with Gasteiger partial charge in [-0.25, -0.2) is 0 Å². The van der Waals surface area contributed by atoms with Crippen LogP contribution < -0.4 is 0 Å². The first-order valence-electron chi connectivity index (χ1n) is 5.17. The molecule has 2 heteroatoms. The molecular weight excluding hydrogens is 204 g/mol. The van der Waals surface area contributed by atoms with Crippen molar-refractivity contribution in [1.29, 1.82) is 0 Å². The summed E-state index contributed by atoms with van der Waals surface area (Å²) >= 11 is 1.72. The van der Waals surface area contributed by atoms with Crippen molar-refractivity contribution in [3.05, 3.63) is 35.2 Å². The number of hydrogen-bond acceptors (Lipinski definition) is 2. The van der Waals surface area contributed by atoms with E-state index in [1.54, 1.807) is 11.3 Å². The van der Waals surface area contributed by atoms with Crippen LogP contribution in [0.4, 0.5) is 0 Å². The van der Waals surface area contributed by atoms with E-state index in [9.17, 15) is 4.79 Å². The van der Waals surface area contributed by atoms with Crippen molar-refractivity contribution < 1.29 is 4.79 Å². The van der Waals surface area contributed by atoms with Crippen LogP contribution >= 0.6 is 11.3 Å². The number of rotatable bonds is 3. The Bertz CT molecular complexity index is 449. The zero-order valence-corrected chi connectivity index (χ0v) is 9.80. The number of hydrogen-bond donors (Lipinski definition) is 0. The van der Waals surface area contributed by atoms with E-state index in [4.69, 9.17) is 0 Å². The smallest absolute Gasteiger partial charge is 0.140 e. The van der Waals surface area contributed by atoms with Gasteiger partial charge in [-0.2, -0.15) is 0 Å². The Kier molecular flexibility index (Phi) is 2.87. The van der Waals surface area contributed by atoms with Crippen molar-refractivity contribution in [2.24, 2.45) is 5.92 Å². The van der Waals surface area contributed by atoms with Crippen molar-refractivity contribution >= 4 is 27.2 Å². The molecule has 0 N–H and O–H groups in total. The average Bonchev–Trinajstić information content (AvgIpc) is 2.59. The van der Waals surface area contributed by atoms with E-state index in [2.05, 4.69) is 18.2 Å². The van der Waals surface area contributed by atoms with Gasteiger partial charge in [0.05, 0.1) is 0 Å². The molecule has 0 aliphatic carbocycles. The van der Waals surface area contributed by atoms with E-state index in [-0.39, 0.29) is 5.92 Å². The number of fused-ring (bicyclic) bond motifs is 1. The van der Waals surface area contributed by atoms with Crippen molar-refractivity contribution in [3.8, 4) is 0 Å². The lowest BCUT2D eigenvalue weighted by Gasteiger charge is -2.00. The first-order chi connectivity index (χ1) is 7.16. The number of benzene rings is 1. The fourth-order valence-electron chi connectivity index (χ4n) is 1.50. The third kappa shape index (κ3) is 2.26. The molecule has 0 spiro atoms. The summed E-state index contributed by atoms with van der Waals surface area (Å²) in [6.45, 7) is 3.91. The van der Waals surface area contributed by atoms with E-state index >= 15 is 0 Å². The van der Waals surface area contributed by atoms with Gasteiger partial charge in [-0.1, -0.05) is 32.0 Å². The van der Waals surface area contributed by atoms with E-state index in [1.807, 2.05) is 26.0 Å². The van der Waals surface area contributed by atoms with Crippen molar-refractivity contribution in [2.45, 2.75) is 20.3 Å². The van der Waals surface area contributed by atoms with E-state index in [1.165, 1.54) is 15.0 Å². The number of thiophene rings is 1. The Hall–Kier alpha value is -1.15. The SMILES string of the molecule is CC(C)C(=O)Cc1cc2ccccc2s1. The molecule has 0 amide bonds. The first-order valence-corrected chi connectivity index (χ1v) is 5.98. The predicted molar refractivity (Wildman–Crippen MR) is 65.4 cm³/mol. The maximum atomic E-state index is 11.6. The lowest BCUT2D eigenvalue weighted by molar-refractivity contribution is -0.121. The molecule has 1 aromatic carbocycles. The Morgan fingerprint density at radius 2 is 2.07 bits per heavy atom. The second-order valence-corrected chi connectivity index (χ2v) is 5.22. The third-order valence-electron chi connectivity index (χ3n) is 2.47. The summed E-state index contributed by atoms with van der Waals surface area (Å²) in [4.78, 5) is 12.8. The monoisotopic (exact) mass is 218 g/mol. The summed E-state index contributed by atoms with van der Waals surface area (Å²) in [5.74, 6) is 0.455. The highest BCUT2D eigenvalue weighted by Gasteiger charge is 2.10. The van der Waals surface area contributed by atoms with Crippen molar-refractivity contribution in [2.75, 3.05) is 0 Å². The van der Waals surface area contributed by atoms with Gasteiger partial charge < -0.3 is 0 Å². The molecule has 2 rings (SSSR count). The highest BCUT2D eigenvalue weighted by Crippen LogP contribution is 2.26. The van der Waals surface area contributed by atoms with Crippen LogP contribution in [0.25, 0.3) is 10.1 Å². The molecule has 1 aromatic heterocycles. The van der Waals surface area contributed by atoms with Crippen LogP contribution in [0.5, 0.6) is 0 Å². The molecule has 0 atom stereocenters. The van der Waals surface area contributed by atoms with Gasteiger partial charge in [0.1, 0.15) is 5.78 Å². The van der Waals surface area contributed by atoms with Gasteiger partial charge >= 0.3 is 0 Å². The Balaban J connectivity index is 2.26. The van der Waals surface area contributed by atoms with E-state index in [0.717, 1.165) is 0 Å². The summed E-state index contributed by atoms with van der Waals surface area (Å²) in [6.07, 6.45) is 0.580. The Morgan fingerprint density at radius 1 is 1.33 bits per heavy atom. The van der Waals surface area contributed by atoms with Gasteiger partial charge in [-0.15, -0.1) is 11.3 Å². The van der Waals surface area contributed by atoms with Crippen LogP contribution in [0.1, 0.15) is 18.7 Å². The second-order valence-electron chi connectivity index (χ2n) is 4.05. The summed E-state index contributed by atoms with van der Waals surface area (Å²) in [5, 5.41) is 1.24. The van der Waals surface area contributed by atoms with Crippen LogP contribution in [0.3, 0.4) is 0 Å². The quantitative estimate of drug-likeness (QED) is 0.768. The fourth-order valence-corrected chi connectivity index (χ4v) is 2.57. The van der Waals surface area contributed by atoms with Crippen LogP contribution in [0, 0.1) is 5.92 Å². The predicted octanol–water partition coefficient (Wildman–Crippen LogP) is 3.67. The maximum Gasteiger partial charge on any atom is 0.140 e. The Morgan fingerprint density at radius 3 is 2.73 bits per heavy atom. The minimum atomic E-state index is 0.134. The number of carbonyl (C=O) groups excluding carboxylic acids is 1. The summed E-state index contributed by atoms with van der Waals surface area (Å²) < 4.78 is 1.27. The van der Waals surface area contributed by atoms with Gasteiger partial charge in [0.15, 0.2) is 0 Å². The van der Waals surface area contributed by atoms with Gasteiger partial charge in [0.2, 0.25) is 0 Å². The van der Waals surface area contributed by atoms with Gasteiger partial charge in [0, 0.05) is 21.9 Å². The molecule has 2 aromatic rings. The van der Waals surface area contributed by atoms with Crippen LogP contribution in [0.2, 0.25) is 0 Å². The molecule has 0 radical (unpaired) electrons. The number of Topliss-reactive ketones (excluding diaryl/α,β-unsaturated/α-hetero) is 1. The minimum Gasteiger partial charge on any atom is -0.299 e. The largest absolute Gasteiger partial charge is 0.299 e. The average molecular weight is 218 g/mol. The molecule has 0 bridgehead atoms. The molecule has 0 aliphatic rings. The van der Waals surface area contributed by atoms with Gasteiger partial charge in [-0.3, -0.25) is 4.79 Å². The molecule has 0 unspecified atom stereocenters. The van der Waals surface area contributed by atoms with Gasteiger partial charge in [0.25, 0.3) is 0 Å². The molecule has 0 saturated heterocycles. The summed E-state index contributed by atoms with van der Waals surface area (Å²) in [5.41, 5.74) is 0. The topological polar surface area (TPSA) is 17.1 Å². The van der Waals surface area contributed by atoms with E-state index in [0.29, 0.717) is 12.2 Å². The van der Waals surface area contributed by atoms with Crippen molar-refractivity contribution in [3.63, 3.8) is 0 Å². The zero-order chi connectivity index (χ0) is 10.8. The highest BCUT2D eigenvalue weighted by molar-refractivity contribution is 7.19. The molecule has 78 valence electrons. The molecular formula is C13H14OS. The van der Waals surface area contributed by atoms with Crippen LogP contribution in [-0.2, 0) is 11.2 Å². The lowest BCUT2D eigenvalue weighted by Crippen LogP contribution is -2.08. The van der Waals surface area contributed by atoms with E-state index < -0.39 is 0 Å². The summed E-state index contributed by atoms with van der Waals surface area (Å²) in [6, 6.07) is 10.4. The second kappa shape index (κ2) is 4.15. The maximum absolute atomic E-state index is 11.6. The minimum absolute atomic E-state index is 0.134. The fraction of sp³-hybridized carbons (Fsp3) is 0.308. The zero-order valence-electron chi connectivity index (χ0n) is 8.99. The molecule has 0 fully saturated rings. The van der Waals surface area contributed by atoms with Crippen molar-refractivity contribution in [1.82, 2.24) is 0 Å². The van der Waals surface area contributed by atoms with Crippen LogP contribution in [0.15, 0.2) is 30.3 Å². The molecule has 0 aliphatic heterocycles. The first kappa shape index (κ1) is 10.4. The number of carbonyl (C=O) groups is 1. The molecule has 1 nitrogen and oxygen atoms in total. The molecule has 15 heavy (non-hydrogen) atoms. The highest BCUT2D eigenvalue weighted by atomic mass is 32.1. The third-order valence-corrected chi connectivity index (χ3v) is 3.59. The Labute approximate surface area is 93.7 Å².